The SMILES string of the molecule is Cc1ccc(NC(N)=NCCN2C(=O)C3C4C=CC(C4)C3C2=O)cc1. The second-order valence-electron chi connectivity index (χ2n) is 7.09. The molecule has 6 nitrogen and oxygen atoms in total. The average molecular weight is 338 g/mol. The van der Waals surface area contributed by atoms with E-state index in [-0.39, 0.29) is 41.4 Å². The molecular formula is C19H22N4O2. The molecule has 2 fully saturated rings. The first kappa shape index (κ1) is 15.9. The van der Waals surface area contributed by atoms with Crippen LogP contribution < -0.4 is 11.1 Å². The lowest BCUT2D eigenvalue weighted by atomic mass is 9.85. The number of benzene rings is 1. The minimum Gasteiger partial charge on any atom is -0.370 e. The lowest BCUT2D eigenvalue weighted by Gasteiger charge is -2.16. The van der Waals surface area contributed by atoms with Crippen molar-refractivity contribution in [1.29, 1.82) is 0 Å². The normalized spacial score (nSPS) is 30.3. The summed E-state index contributed by atoms with van der Waals surface area (Å²) in [6, 6.07) is 7.82. The molecule has 1 heterocycles. The average Bonchev–Trinajstić information content (AvgIpc) is 3.26. The maximum absolute atomic E-state index is 12.6. The summed E-state index contributed by atoms with van der Waals surface area (Å²) in [6.45, 7) is 2.62. The summed E-state index contributed by atoms with van der Waals surface area (Å²) < 4.78 is 0. The van der Waals surface area contributed by atoms with Crippen LogP contribution in [0.3, 0.4) is 0 Å². The first-order valence-corrected chi connectivity index (χ1v) is 8.72. The van der Waals surface area contributed by atoms with Gasteiger partial charge in [0.15, 0.2) is 5.96 Å². The molecule has 3 N–H and O–H groups in total. The Labute approximate surface area is 146 Å². The largest absolute Gasteiger partial charge is 0.370 e. The van der Waals surface area contributed by atoms with Crippen LogP contribution in [0.1, 0.15) is 12.0 Å². The third-order valence-electron chi connectivity index (χ3n) is 5.49. The van der Waals surface area contributed by atoms with Crippen LogP contribution in [-0.4, -0.2) is 35.8 Å². The number of carbonyl (C=O) groups excluding carboxylic acids is 2. The highest BCUT2D eigenvalue weighted by atomic mass is 16.2. The molecule has 2 aliphatic carbocycles. The monoisotopic (exact) mass is 338 g/mol. The standard InChI is InChI=1S/C19H22N4O2/c1-11-2-6-14(7-3-11)22-19(20)21-8-9-23-17(24)15-12-4-5-13(10-12)16(15)18(23)25/h2-7,12-13,15-16H,8-10H2,1H3,(H3,20,21,22). The summed E-state index contributed by atoms with van der Waals surface area (Å²) in [5, 5.41) is 3.01. The molecule has 0 spiro atoms. The van der Waals surface area contributed by atoms with E-state index in [0.717, 1.165) is 12.1 Å². The van der Waals surface area contributed by atoms with Crippen LogP contribution in [0.4, 0.5) is 5.69 Å². The Balaban J connectivity index is 1.35. The van der Waals surface area contributed by atoms with Gasteiger partial charge < -0.3 is 11.1 Å². The molecule has 1 saturated heterocycles. The number of aryl methyl sites for hydroxylation is 1. The number of rotatable bonds is 4. The van der Waals surface area contributed by atoms with Gasteiger partial charge in [0.2, 0.25) is 11.8 Å². The van der Waals surface area contributed by atoms with Gasteiger partial charge in [0, 0.05) is 12.2 Å². The van der Waals surface area contributed by atoms with E-state index in [2.05, 4.69) is 22.5 Å². The summed E-state index contributed by atoms with van der Waals surface area (Å²) in [4.78, 5) is 30.7. The molecule has 1 saturated carbocycles. The number of hydrogen-bond acceptors (Lipinski definition) is 3. The van der Waals surface area contributed by atoms with E-state index in [1.807, 2.05) is 31.2 Å². The predicted octanol–water partition coefficient (Wildman–Crippen LogP) is 1.53. The molecule has 130 valence electrons. The van der Waals surface area contributed by atoms with Gasteiger partial charge in [-0.15, -0.1) is 0 Å². The lowest BCUT2D eigenvalue weighted by molar-refractivity contribution is -0.140. The van der Waals surface area contributed by atoms with Gasteiger partial charge in [-0.3, -0.25) is 19.5 Å². The number of allylic oxidation sites excluding steroid dienone is 2. The van der Waals surface area contributed by atoms with E-state index in [1.54, 1.807) is 0 Å². The molecule has 1 aromatic rings. The van der Waals surface area contributed by atoms with Crippen LogP contribution in [0.2, 0.25) is 0 Å². The Hall–Kier alpha value is -2.63. The number of likely N-dealkylation sites (tertiary alicyclic amines) is 1. The quantitative estimate of drug-likeness (QED) is 0.377. The molecule has 0 radical (unpaired) electrons. The summed E-state index contributed by atoms with van der Waals surface area (Å²) in [6.07, 6.45) is 5.15. The maximum Gasteiger partial charge on any atom is 0.233 e. The van der Waals surface area contributed by atoms with E-state index in [9.17, 15) is 9.59 Å². The molecule has 0 aromatic heterocycles. The first-order chi connectivity index (χ1) is 12.0. The molecule has 2 bridgehead atoms. The summed E-state index contributed by atoms with van der Waals surface area (Å²) in [7, 11) is 0. The van der Waals surface area contributed by atoms with Crippen molar-refractivity contribution in [2.24, 2.45) is 34.4 Å². The van der Waals surface area contributed by atoms with Crippen molar-refractivity contribution in [3.05, 3.63) is 42.0 Å². The van der Waals surface area contributed by atoms with Gasteiger partial charge in [-0.2, -0.15) is 0 Å². The van der Waals surface area contributed by atoms with Gasteiger partial charge in [0.05, 0.1) is 18.4 Å². The van der Waals surface area contributed by atoms with Gasteiger partial charge in [0.25, 0.3) is 0 Å². The Morgan fingerprint density at radius 1 is 1.16 bits per heavy atom. The molecule has 3 aliphatic rings. The fraction of sp³-hybridized carbons (Fsp3) is 0.421. The lowest BCUT2D eigenvalue weighted by Crippen LogP contribution is -2.35. The first-order valence-electron chi connectivity index (χ1n) is 8.72. The molecular weight excluding hydrogens is 316 g/mol. The highest BCUT2D eigenvalue weighted by Gasteiger charge is 2.58. The van der Waals surface area contributed by atoms with E-state index < -0.39 is 0 Å². The van der Waals surface area contributed by atoms with Crippen LogP contribution in [0.15, 0.2) is 41.4 Å². The number of nitrogens with one attached hydrogen (secondary N) is 1. The predicted molar refractivity (Wildman–Crippen MR) is 95.7 cm³/mol. The smallest absolute Gasteiger partial charge is 0.233 e. The number of fused-ring (bicyclic) bond motifs is 5. The molecule has 1 aliphatic heterocycles. The van der Waals surface area contributed by atoms with E-state index in [1.165, 1.54) is 10.5 Å². The van der Waals surface area contributed by atoms with Crippen molar-refractivity contribution in [1.82, 2.24) is 4.90 Å². The van der Waals surface area contributed by atoms with Gasteiger partial charge in [0.1, 0.15) is 0 Å². The van der Waals surface area contributed by atoms with Gasteiger partial charge in [-0.1, -0.05) is 29.8 Å². The van der Waals surface area contributed by atoms with Crippen molar-refractivity contribution in [3.8, 4) is 0 Å². The number of hydrogen-bond donors (Lipinski definition) is 2. The van der Waals surface area contributed by atoms with Crippen LogP contribution in [0.5, 0.6) is 0 Å². The highest BCUT2D eigenvalue weighted by Crippen LogP contribution is 2.52. The number of imide groups is 1. The Morgan fingerprint density at radius 3 is 2.36 bits per heavy atom. The molecule has 1 aromatic carbocycles. The zero-order valence-corrected chi connectivity index (χ0v) is 14.2. The third kappa shape index (κ3) is 2.71. The minimum atomic E-state index is -0.144. The van der Waals surface area contributed by atoms with E-state index in [0.29, 0.717) is 13.1 Å². The highest BCUT2D eigenvalue weighted by molar-refractivity contribution is 6.06. The number of carbonyl (C=O) groups is 2. The zero-order chi connectivity index (χ0) is 17.6. The molecule has 4 rings (SSSR count). The number of guanidine groups is 1. The molecule has 2 amide bonds. The Kier molecular flexibility index (Phi) is 3.82. The topological polar surface area (TPSA) is 87.8 Å². The summed E-state index contributed by atoms with van der Waals surface area (Å²) in [5.41, 5.74) is 7.91. The van der Waals surface area contributed by atoms with Crippen LogP contribution in [-0.2, 0) is 9.59 Å². The Bertz CT molecular complexity index is 738. The number of anilines is 1. The zero-order valence-electron chi connectivity index (χ0n) is 14.2. The molecule has 25 heavy (non-hydrogen) atoms. The molecule has 4 atom stereocenters. The van der Waals surface area contributed by atoms with Crippen molar-refractivity contribution in [2.45, 2.75) is 13.3 Å². The molecule has 4 unspecified atom stereocenters. The second-order valence-corrected chi connectivity index (χ2v) is 7.09. The van der Waals surface area contributed by atoms with Crippen molar-refractivity contribution in [2.75, 3.05) is 18.4 Å². The molecule has 6 heteroatoms. The third-order valence-corrected chi connectivity index (χ3v) is 5.49. The summed E-state index contributed by atoms with van der Waals surface area (Å²) in [5.74, 6) is 0.412. The van der Waals surface area contributed by atoms with Crippen molar-refractivity contribution < 1.29 is 9.59 Å². The minimum absolute atomic E-state index is 0.0351. The van der Waals surface area contributed by atoms with Gasteiger partial charge in [-0.05, 0) is 37.3 Å². The van der Waals surface area contributed by atoms with Crippen molar-refractivity contribution in [3.63, 3.8) is 0 Å². The number of nitrogens with two attached hydrogens (primary N) is 1. The van der Waals surface area contributed by atoms with Crippen LogP contribution in [0, 0.1) is 30.6 Å². The fourth-order valence-electron chi connectivity index (χ4n) is 4.28. The van der Waals surface area contributed by atoms with Crippen LogP contribution >= 0.6 is 0 Å². The van der Waals surface area contributed by atoms with E-state index in [4.69, 9.17) is 5.73 Å². The second kappa shape index (κ2) is 6.02. The van der Waals surface area contributed by atoms with Crippen molar-refractivity contribution >= 4 is 23.5 Å². The van der Waals surface area contributed by atoms with Gasteiger partial charge >= 0.3 is 0 Å². The fourth-order valence-corrected chi connectivity index (χ4v) is 4.28. The Morgan fingerprint density at radius 2 is 1.76 bits per heavy atom. The number of nitrogens with zero attached hydrogens (tertiary/aromatic N) is 2. The van der Waals surface area contributed by atoms with E-state index >= 15 is 0 Å². The maximum atomic E-state index is 12.6. The number of aliphatic imine (C=N–C) groups is 1. The van der Waals surface area contributed by atoms with Gasteiger partial charge in [-0.25, -0.2) is 0 Å². The summed E-state index contributed by atoms with van der Waals surface area (Å²) >= 11 is 0. The van der Waals surface area contributed by atoms with Crippen LogP contribution in [0.25, 0.3) is 0 Å². The number of amides is 2.